The summed E-state index contributed by atoms with van der Waals surface area (Å²) in [6.07, 6.45) is 4.64. The van der Waals surface area contributed by atoms with Crippen molar-refractivity contribution in [3.8, 4) is 0 Å². The summed E-state index contributed by atoms with van der Waals surface area (Å²) < 4.78 is 27.8. The normalized spacial score (nSPS) is 18.3. The van der Waals surface area contributed by atoms with E-state index in [2.05, 4.69) is 30.4 Å². The molecule has 1 N–H and O–H groups in total. The maximum Gasteiger partial charge on any atom is 0.240 e. The van der Waals surface area contributed by atoms with Crippen LogP contribution >= 0.6 is 0 Å². The molecule has 0 aromatic heterocycles. The molecule has 1 aromatic carbocycles. The van der Waals surface area contributed by atoms with E-state index in [1.807, 2.05) is 12.1 Å². The lowest BCUT2D eigenvalue weighted by molar-refractivity contribution is 0.130. The van der Waals surface area contributed by atoms with E-state index in [0.717, 1.165) is 25.1 Å². The van der Waals surface area contributed by atoms with Gasteiger partial charge in [-0.15, -0.1) is 0 Å². The van der Waals surface area contributed by atoms with Gasteiger partial charge in [0, 0.05) is 12.6 Å². The molecule has 2 rings (SSSR count). The molecule has 0 spiro atoms. The lowest BCUT2D eigenvalue weighted by Crippen LogP contribution is -2.48. The maximum atomic E-state index is 12.5. The van der Waals surface area contributed by atoms with Crippen molar-refractivity contribution in [2.24, 2.45) is 5.92 Å². The van der Waals surface area contributed by atoms with Crippen LogP contribution in [-0.2, 0) is 16.4 Å². The quantitative estimate of drug-likeness (QED) is 0.831. The highest BCUT2D eigenvalue weighted by atomic mass is 32.2. The molecule has 0 saturated carbocycles. The number of hydrogen-bond acceptors (Lipinski definition) is 3. The first kappa shape index (κ1) is 18.4. The van der Waals surface area contributed by atoms with Gasteiger partial charge in [0.1, 0.15) is 0 Å². The van der Waals surface area contributed by atoms with Crippen LogP contribution in [0.1, 0.15) is 45.6 Å². The minimum Gasteiger partial charge on any atom is -0.299 e. The van der Waals surface area contributed by atoms with E-state index >= 15 is 0 Å². The lowest BCUT2D eigenvalue weighted by atomic mass is 9.99. The Balaban J connectivity index is 2.02. The Labute approximate surface area is 141 Å². The first-order valence-electron chi connectivity index (χ1n) is 8.76. The van der Waals surface area contributed by atoms with Crippen LogP contribution in [0.25, 0.3) is 0 Å². The van der Waals surface area contributed by atoms with Crippen LogP contribution in [-0.4, -0.2) is 39.0 Å². The highest BCUT2D eigenvalue weighted by Gasteiger charge is 2.25. The van der Waals surface area contributed by atoms with E-state index in [1.165, 1.54) is 19.3 Å². The highest BCUT2D eigenvalue weighted by Crippen LogP contribution is 2.18. The Kier molecular flexibility index (Phi) is 6.62. The van der Waals surface area contributed by atoms with Crippen molar-refractivity contribution in [1.29, 1.82) is 0 Å². The van der Waals surface area contributed by atoms with Crippen LogP contribution in [0, 0.1) is 5.92 Å². The highest BCUT2D eigenvalue weighted by molar-refractivity contribution is 7.89. The fourth-order valence-electron chi connectivity index (χ4n) is 3.22. The molecule has 1 fully saturated rings. The number of sulfonamides is 1. The molecule has 0 amide bonds. The van der Waals surface area contributed by atoms with Crippen LogP contribution in [0.3, 0.4) is 0 Å². The molecule has 0 aliphatic carbocycles. The summed E-state index contributed by atoms with van der Waals surface area (Å²) in [6.45, 7) is 9.04. The predicted molar refractivity (Wildman–Crippen MR) is 95.1 cm³/mol. The first-order valence-corrected chi connectivity index (χ1v) is 10.2. The Morgan fingerprint density at radius 1 is 1.09 bits per heavy atom. The minimum atomic E-state index is -3.43. The van der Waals surface area contributed by atoms with Crippen molar-refractivity contribution in [3.05, 3.63) is 29.8 Å². The van der Waals surface area contributed by atoms with Crippen LogP contribution in [0.15, 0.2) is 29.2 Å². The summed E-state index contributed by atoms with van der Waals surface area (Å²) in [5, 5.41) is 0. The molecule has 4 nitrogen and oxygen atoms in total. The van der Waals surface area contributed by atoms with Gasteiger partial charge in [0.25, 0.3) is 0 Å². The zero-order valence-electron chi connectivity index (χ0n) is 14.6. The van der Waals surface area contributed by atoms with Crippen molar-refractivity contribution in [2.45, 2.75) is 57.4 Å². The summed E-state index contributed by atoms with van der Waals surface area (Å²) in [6, 6.07) is 7.44. The molecule has 130 valence electrons. The van der Waals surface area contributed by atoms with Crippen molar-refractivity contribution in [1.82, 2.24) is 9.62 Å². The molecule has 1 atom stereocenters. The zero-order valence-corrected chi connectivity index (χ0v) is 15.4. The number of hydrogen-bond donors (Lipinski definition) is 1. The Bertz CT molecular complexity index is 576. The second kappa shape index (κ2) is 8.27. The van der Waals surface area contributed by atoms with Crippen molar-refractivity contribution in [2.75, 3.05) is 19.6 Å². The second-order valence-electron chi connectivity index (χ2n) is 6.76. The smallest absolute Gasteiger partial charge is 0.240 e. The largest absolute Gasteiger partial charge is 0.299 e. The molecule has 0 radical (unpaired) electrons. The Morgan fingerprint density at radius 2 is 1.70 bits per heavy atom. The SMILES string of the molecule is CCc1ccc(S(=O)(=O)NCC(C(C)C)N2CCCCC2)cc1. The van der Waals surface area contributed by atoms with Gasteiger partial charge in [0.15, 0.2) is 0 Å². The Morgan fingerprint density at radius 3 is 2.22 bits per heavy atom. The molecule has 5 heteroatoms. The third-order valence-corrected chi connectivity index (χ3v) is 6.19. The van der Waals surface area contributed by atoms with Crippen molar-refractivity contribution in [3.63, 3.8) is 0 Å². The summed E-state index contributed by atoms with van der Waals surface area (Å²) in [5.41, 5.74) is 1.15. The molecule has 1 saturated heterocycles. The molecule has 0 bridgehead atoms. The number of benzene rings is 1. The van der Waals surface area contributed by atoms with E-state index < -0.39 is 10.0 Å². The van der Waals surface area contributed by atoms with E-state index in [9.17, 15) is 8.42 Å². The second-order valence-corrected chi connectivity index (χ2v) is 8.52. The van der Waals surface area contributed by atoms with Crippen molar-refractivity contribution < 1.29 is 8.42 Å². The molecule has 1 aliphatic rings. The predicted octanol–water partition coefficient (Wildman–Crippen LogP) is 3.04. The molecule has 23 heavy (non-hydrogen) atoms. The molecule has 1 unspecified atom stereocenters. The van der Waals surface area contributed by atoms with E-state index in [-0.39, 0.29) is 6.04 Å². The number of likely N-dealkylation sites (tertiary alicyclic amines) is 1. The number of nitrogens with one attached hydrogen (secondary N) is 1. The summed E-state index contributed by atoms with van der Waals surface area (Å²) in [5.74, 6) is 0.429. The Hall–Kier alpha value is -0.910. The van der Waals surface area contributed by atoms with Gasteiger partial charge in [-0.25, -0.2) is 13.1 Å². The van der Waals surface area contributed by atoms with Crippen LogP contribution in [0.4, 0.5) is 0 Å². The lowest BCUT2D eigenvalue weighted by Gasteiger charge is -2.37. The van der Waals surface area contributed by atoms with Gasteiger partial charge in [-0.1, -0.05) is 39.3 Å². The fourth-order valence-corrected chi connectivity index (χ4v) is 4.27. The number of aryl methyl sites for hydroxylation is 1. The van der Waals surface area contributed by atoms with Crippen molar-refractivity contribution >= 4 is 10.0 Å². The van der Waals surface area contributed by atoms with Gasteiger partial charge in [0.05, 0.1) is 4.90 Å². The third-order valence-electron chi connectivity index (χ3n) is 4.75. The maximum absolute atomic E-state index is 12.5. The minimum absolute atomic E-state index is 0.264. The van der Waals surface area contributed by atoms with Crippen LogP contribution < -0.4 is 4.72 Å². The molecule has 1 heterocycles. The molecular weight excluding hydrogens is 308 g/mol. The number of piperidine rings is 1. The van der Waals surface area contributed by atoms with E-state index in [4.69, 9.17) is 0 Å². The van der Waals surface area contributed by atoms with Crippen LogP contribution in [0.5, 0.6) is 0 Å². The first-order chi connectivity index (χ1) is 10.9. The van der Waals surface area contributed by atoms with Gasteiger partial charge in [-0.2, -0.15) is 0 Å². The topological polar surface area (TPSA) is 49.4 Å². The summed E-state index contributed by atoms with van der Waals surface area (Å²) >= 11 is 0. The number of nitrogens with zero attached hydrogens (tertiary/aromatic N) is 1. The van der Waals surface area contributed by atoms with Crippen LogP contribution in [0.2, 0.25) is 0 Å². The standard InChI is InChI=1S/C18H30N2O2S/c1-4-16-8-10-17(11-9-16)23(21,22)19-14-18(15(2)3)20-12-6-5-7-13-20/h8-11,15,18-19H,4-7,12-14H2,1-3H3. The van der Waals surface area contributed by atoms with E-state index in [1.54, 1.807) is 12.1 Å². The van der Waals surface area contributed by atoms with Gasteiger partial charge >= 0.3 is 0 Å². The number of rotatable bonds is 7. The summed E-state index contributed by atoms with van der Waals surface area (Å²) in [7, 11) is -3.43. The monoisotopic (exact) mass is 338 g/mol. The fraction of sp³-hybridized carbons (Fsp3) is 0.667. The molecular formula is C18H30N2O2S. The average Bonchev–Trinajstić information content (AvgIpc) is 2.55. The zero-order chi connectivity index (χ0) is 16.9. The summed E-state index contributed by atoms with van der Waals surface area (Å²) in [4.78, 5) is 2.80. The molecule has 1 aliphatic heterocycles. The third kappa shape index (κ3) is 5.03. The van der Waals surface area contributed by atoms with Gasteiger partial charge in [-0.3, -0.25) is 4.90 Å². The molecule has 1 aromatic rings. The van der Waals surface area contributed by atoms with Gasteiger partial charge < -0.3 is 0 Å². The van der Waals surface area contributed by atoms with Gasteiger partial charge in [0.2, 0.25) is 10.0 Å². The van der Waals surface area contributed by atoms with E-state index in [0.29, 0.717) is 17.4 Å². The average molecular weight is 339 g/mol. The van der Waals surface area contributed by atoms with Gasteiger partial charge in [-0.05, 0) is 56.0 Å².